The summed E-state index contributed by atoms with van der Waals surface area (Å²) in [5.41, 5.74) is 34.1. The van der Waals surface area contributed by atoms with Crippen molar-refractivity contribution in [3.8, 4) is 22.3 Å². The Morgan fingerprint density at radius 3 is 1.26 bits per heavy atom. The molecular weight excluding hydrogens is 695 g/mol. The summed E-state index contributed by atoms with van der Waals surface area (Å²) in [6, 6.07) is 71.0. The van der Waals surface area contributed by atoms with E-state index in [1.54, 1.807) is 0 Å². The third kappa shape index (κ3) is 14.1. The zero-order valence-electron chi connectivity index (χ0n) is 32.8. The van der Waals surface area contributed by atoms with Crippen molar-refractivity contribution in [2.45, 2.75) is 39.3 Å². The second kappa shape index (κ2) is 23.0. The van der Waals surface area contributed by atoms with E-state index in [0.717, 1.165) is 24.2 Å². The zero-order valence-corrected chi connectivity index (χ0v) is 32.8. The number of nitrogens with one attached hydrogen (secondary N) is 1. The SMILES string of the molecule is Cc1ccccc1.NC(N)c1ccccc1.NCc1cccc(-c2ccc3ccc(-c4cccc(CNCc5ccccc5)c4)cc3c2)c1.NCc1ccccc1. The van der Waals surface area contributed by atoms with Crippen molar-refractivity contribution in [2.75, 3.05) is 0 Å². The van der Waals surface area contributed by atoms with Gasteiger partial charge in [0.15, 0.2) is 0 Å². The van der Waals surface area contributed by atoms with Crippen LogP contribution < -0.4 is 28.3 Å². The van der Waals surface area contributed by atoms with Crippen LogP contribution in [0.15, 0.2) is 206 Å². The fourth-order valence-corrected chi connectivity index (χ4v) is 6.12. The van der Waals surface area contributed by atoms with Crippen molar-refractivity contribution in [2.24, 2.45) is 22.9 Å². The van der Waals surface area contributed by atoms with Crippen molar-refractivity contribution < 1.29 is 0 Å². The summed E-state index contributed by atoms with van der Waals surface area (Å²) in [7, 11) is 0. The molecule has 0 atom stereocenters. The molecule has 8 rings (SSSR count). The Morgan fingerprint density at radius 1 is 0.386 bits per heavy atom. The van der Waals surface area contributed by atoms with Crippen molar-refractivity contribution in [1.29, 1.82) is 0 Å². The third-order valence-electron chi connectivity index (χ3n) is 9.30. The lowest BCUT2D eigenvalue weighted by atomic mass is 9.96. The normalized spacial score (nSPS) is 10.4. The maximum atomic E-state index is 5.84. The van der Waals surface area contributed by atoms with Gasteiger partial charge in [0, 0.05) is 26.2 Å². The Hall–Kier alpha value is -6.18. The number of fused-ring (bicyclic) bond motifs is 1. The summed E-state index contributed by atoms with van der Waals surface area (Å²) < 4.78 is 0. The molecule has 0 aliphatic carbocycles. The molecule has 0 unspecified atom stereocenters. The predicted octanol–water partition coefficient (Wildman–Crippen LogP) is 10.7. The lowest BCUT2D eigenvalue weighted by molar-refractivity contribution is 0.693. The first kappa shape index (κ1) is 42.0. The van der Waals surface area contributed by atoms with Gasteiger partial charge in [0.25, 0.3) is 0 Å². The van der Waals surface area contributed by atoms with E-state index < -0.39 is 0 Å². The van der Waals surface area contributed by atoms with Crippen molar-refractivity contribution in [3.05, 3.63) is 240 Å². The van der Waals surface area contributed by atoms with Crippen LogP contribution in [-0.2, 0) is 26.2 Å². The van der Waals surface area contributed by atoms with Crippen LogP contribution in [0.4, 0.5) is 0 Å². The Labute approximate surface area is 339 Å². The highest BCUT2D eigenvalue weighted by Gasteiger charge is 2.05. The number of benzene rings is 8. The molecule has 57 heavy (non-hydrogen) atoms. The maximum absolute atomic E-state index is 5.84. The van der Waals surface area contributed by atoms with E-state index in [4.69, 9.17) is 22.9 Å². The average molecular weight is 750 g/mol. The van der Waals surface area contributed by atoms with Crippen molar-refractivity contribution >= 4 is 10.8 Å². The summed E-state index contributed by atoms with van der Waals surface area (Å²) >= 11 is 0. The molecule has 0 amide bonds. The first-order valence-electron chi connectivity index (χ1n) is 19.4. The summed E-state index contributed by atoms with van der Waals surface area (Å²) in [6.07, 6.45) is -0.341. The second-order valence-electron chi connectivity index (χ2n) is 13.8. The molecule has 0 aliphatic heterocycles. The minimum absolute atomic E-state index is 0.341. The van der Waals surface area contributed by atoms with E-state index in [1.165, 1.54) is 55.3 Å². The number of rotatable bonds is 9. The van der Waals surface area contributed by atoms with E-state index in [9.17, 15) is 0 Å². The van der Waals surface area contributed by atoms with Gasteiger partial charge in [0.2, 0.25) is 0 Å². The lowest BCUT2D eigenvalue weighted by Gasteiger charge is -2.10. The van der Waals surface area contributed by atoms with Gasteiger partial charge in [0.1, 0.15) is 0 Å². The van der Waals surface area contributed by atoms with Crippen LogP contribution in [0.2, 0.25) is 0 Å². The standard InChI is InChI=1S/C31H28N2.C7H10N2.C7H9N.C7H8/c32-20-24-8-4-10-27(16-24)29-14-12-26-13-15-30(19-31(26)18-29)28-11-5-9-25(17-28)22-33-21-23-6-2-1-3-7-23;8-7(9)6-4-2-1-3-5-6;8-6-7-4-2-1-3-5-7;1-7-5-3-2-4-6-7/h1-19,33H,20-22,32H2;1-5,7H,8-9H2;1-5H,6,8H2;2-6H,1H3. The number of aryl methyl sites for hydroxylation is 1. The molecule has 0 bridgehead atoms. The van der Waals surface area contributed by atoms with Gasteiger partial charge in [-0.05, 0) is 92.0 Å². The molecular formula is C52H55N5. The molecule has 0 radical (unpaired) electrons. The maximum Gasteiger partial charge on any atom is 0.0784 e. The van der Waals surface area contributed by atoms with Crippen molar-refractivity contribution in [3.63, 3.8) is 0 Å². The third-order valence-corrected chi connectivity index (χ3v) is 9.30. The molecule has 0 aromatic heterocycles. The first-order chi connectivity index (χ1) is 27.9. The van der Waals surface area contributed by atoms with Crippen molar-refractivity contribution in [1.82, 2.24) is 5.32 Å². The average Bonchev–Trinajstić information content (AvgIpc) is 3.28. The summed E-state index contributed by atoms with van der Waals surface area (Å²) in [5.74, 6) is 0. The largest absolute Gasteiger partial charge is 0.326 e. The van der Waals surface area contributed by atoms with Crippen LogP contribution in [-0.4, -0.2) is 0 Å². The minimum atomic E-state index is -0.341. The number of nitrogens with two attached hydrogens (primary N) is 4. The molecule has 0 aliphatic rings. The zero-order chi connectivity index (χ0) is 40.1. The monoisotopic (exact) mass is 749 g/mol. The fraction of sp³-hybridized carbons (Fsp3) is 0.115. The highest BCUT2D eigenvalue weighted by atomic mass is 14.8. The van der Waals surface area contributed by atoms with E-state index in [-0.39, 0.29) is 6.17 Å². The summed E-state index contributed by atoms with van der Waals surface area (Å²) in [5, 5.41) is 6.05. The molecule has 8 aromatic carbocycles. The van der Waals surface area contributed by atoms with Gasteiger partial charge in [-0.15, -0.1) is 0 Å². The molecule has 0 heterocycles. The lowest BCUT2D eigenvalue weighted by Crippen LogP contribution is -2.19. The predicted molar refractivity (Wildman–Crippen MR) is 243 cm³/mol. The fourth-order valence-electron chi connectivity index (χ4n) is 6.12. The smallest absolute Gasteiger partial charge is 0.0784 e. The van der Waals surface area contributed by atoms with E-state index in [1.807, 2.05) is 78.9 Å². The van der Waals surface area contributed by atoms with Crippen LogP contribution in [0.3, 0.4) is 0 Å². The molecule has 5 heteroatoms. The van der Waals surface area contributed by atoms with Gasteiger partial charge in [-0.1, -0.05) is 188 Å². The second-order valence-corrected chi connectivity index (χ2v) is 13.8. The molecule has 0 saturated carbocycles. The Morgan fingerprint density at radius 2 is 0.807 bits per heavy atom. The molecule has 0 saturated heterocycles. The number of hydrogen-bond acceptors (Lipinski definition) is 5. The molecule has 0 spiro atoms. The Kier molecular flexibility index (Phi) is 17.0. The van der Waals surface area contributed by atoms with Gasteiger partial charge in [-0.3, -0.25) is 0 Å². The molecule has 5 nitrogen and oxygen atoms in total. The van der Waals surface area contributed by atoms with Crippen LogP contribution in [0.5, 0.6) is 0 Å². The van der Waals surface area contributed by atoms with Crippen LogP contribution in [0, 0.1) is 6.92 Å². The van der Waals surface area contributed by atoms with E-state index in [0.29, 0.717) is 13.1 Å². The Bertz CT molecular complexity index is 2330. The van der Waals surface area contributed by atoms with Gasteiger partial charge in [-0.25, -0.2) is 0 Å². The quantitative estimate of drug-likeness (QED) is 0.0942. The summed E-state index contributed by atoms with van der Waals surface area (Å²) in [6.45, 7) is 5.00. The van der Waals surface area contributed by atoms with Crippen LogP contribution in [0.1, 0.15) is 39.5 Å². The summed E-state index contributed by atoms with van der Waals surface area (Å²) in [4.78, 5) is 0. The Balaban J connectivity index is 0.000000207. The van der Waals surface area contributed by atoms with Gasteiger partial charge >= 0.3 is 0 Å². The molecule has 288 valence electrons. The molecule has 0 fully saturated rings. The topological polar surface area (TPSA) is 116 Å². The highest BCUT2D eigenvalue weighted by Crippen LogP contribution is 2.29. The van der Waals surface area contributed by atoms with Crippen LogP contribution >= 0.6 is 0 Å². The number of hydrogen-bond donors (Lipinski definition) is 5. The minimum Gasteiger partial charge on any atom is -0.326 e. The van der Waals surface area contributed by atoms with Gasteiger partial charge in [-0.2, -0.15) is 0 Å². The van der Waals surface area contributed by atoms with Gasteiger partial charge in [0.05, 0.1) is 6.17 Å². The molecule has 9 N–H and O–H groups in total. The first-order valence-corrected chi connectivity index (χ1v) is 19.4. The molecule has 8 aromatic rings. The van der Waals surface area contributed by atoms with E-state index in [2.05, 4.69) is 140 Å². The highest BCUT2D eigenvalue weighted by molar-refractivity contribution is 5.91. The van der Waals surface area contributed by atoms with Crippen LogP contribution in [0.25, 0.3) is 33.0 Å². The van der Waals surface area contributed by atoms with E-state index >= 15 is 0 Å². The van der Waals surface area contributed by atoms with Gasteiger partial charge < -0.3 is 28.3 Å².